The molecule has 0 aliphatic carbocycles. The minimum atomic E-state index is -0.0324. The first-order chi connectivity index (χ1) is 9.02. The van der Waals surface area contributed by atoms with Crippen LogP contribution in [0.4, 0.5) is 5.69 Å². The molecule has 2 rings (SSSR count). The zero-order chi connectivity index (χ0) is 14.0. The third-order valence-electron chi connectivity index (χ3n) is 3.93. The van der Waals surface area contributed by atoms with Crippen LogP contribution in [0.1, 0.15) is 68.6 Å². The third kappa shape index (κ3) is 2.74. The summed E-state index contributed by atoms with van der Waals surface area (Å²) in [6.45, 7) is 6.98. The van der Waals surface area contributed by atoms with Gasteiger partial charge in [-0.2, -0.15) is 5.10 Å². The van der Waals surface area contributed by atoms with Crippen LogP contribution in [0.15, 0.2) is 0 Å². The van der Waals surface area contributed by atoms with Crippen LogP contribution in [0.5, 0.6) is 0 Å². The fourth-order valence-electron chi connectivity index (χ4n) is 2.68. The molecule has 1 aromatic rings. The molecule has 0 aromatic carbocycles. The number of aromatic nitrogens is 2. The number of nitrogens with one attached hydrogen (secondary N) is 1. The van der Waals surface area contributed by atoms with E-state index in [9.17, 15) is 4.79 Å². The Morgan fingerprint density at radius 2 is 2.16 bits per heavy atom. The smallest absolute Gasteiger partial charge is 0.276 e. The number of aromatic amines is 1. The van der Waals surface area contributed by atoms with Gasteiger partial charge in [-0.15, -0.1) is 0 Å². The van der Waals surface area contributed by atoms with Gasteiger partial charge < -0.3 is 10.6 Å². The normalized spacial score (nSPS) is 20.6. The van der Waals surface area contributed by atoms with Crippen LogP contribution in [-0.4, -0.2) is 33.6 Å². The second kappa shape index (κ2) is 5.63. The summed E-state index contributed by atoms with van der Waals surface area (Å²) in [5.41, 5.74) is 7.80. The monoisotopic (exact) mass is 264 g/mol. The summed E-state index contributed by atoms with van der Waals surface area (Å²) in [5, 5.41) is 7.04. The predicted molar refractivity (Wildman–Crippen MR) is 76.1 cm³/mol. The molecule has 106 valence electrons. The fourth-order valence-corrected chi connectivity index (χ4v) is 2.68. The highest BCUT2D eigenvalue weighted by Crippen LogP contribution is 2.25. The molecule has 1 saturated heterocycles. The number of nitrogen functional groups attached to an aromatic ring is 1. The Kier molecular flexibility index (Phi) is 4.12. The molecule has 0 radical (unpaired) electrons. The van der Waals surface area contributed by atoms with Crippen molar-refractivity contribution in [2.45, 2.75) is 58.4 Å². The molecule has 1 aliphatic heterocycles. The van der Waals surface area contributed by atoms with Gasteiger partial charge in [0.2, 0.25) is 0 Å². The first-order valence-electron chi connectivity index (χ1n) is 7.17. The summed E-state index contributed by atoms with van der Waals surface area (Å²) >= 11 is 0. The molecule has 1 unspecified atom stereocenters. The third-order valence-corrected chi connectivity index (χ3v) is 3.93. The summed E-state index contributed by atoms with van der Waals surface area (Å²) in [6, 6.07) is 0.272. The summed E-state index contributed by atoms with van der Waals surface area (Å²) in [7, 11) is 0. The molecular formula is C14H24N4O. The Morgan fingerprint density at radius 1 is 1.42 bits per heavy atom. The highest BCUT2D eigenvalue weighted by Gasteiger charge is 2.27. The number of carbonyl (C=O) groups excluding carboxylic acids is 1. The molecule has 1 atom stereocenters. The molecule has 0 saturated carbocycles. The van der Waals surface area contributed by atoms with Gasteiger partial charge in [0.25, 0.3) is 5.91 Å². The van der Waals surface area contributed by atoms with Crippen molar-refractivity contribution in [1.82, 2.24) is 15.1 Å². The summed E-state index contributed by atoms with van der Waals surface area (Å²) < 4.78 is 0. The van der Waals surface area contributed by atoms with Crippen LogP contribution in [0.2, 0.25) is 0 Å². The topological polar surface area (TPSA) is 75.0 Å². The zero-order valence-electron chi connectivity index (χ0n) is 12.1. The average Bonchev–Trinajstić information content (AvgIpc) is 2.61. The van der Waals surface area contributed by atoms with Crippen LogP contribution in [0.25, 0.3) is 0 Å². The van der Waals surface area contributed by atoms with Crippen LogP contribution >= 0.6 is 0 Å². The number of hydrogen-bond donors (Lipinski definition) is 2. The van der Waals surface area contributed by atoms with Crippen LogP contribution in [0, 0.1) is 0 Å². The second-order valence-electron chi connectivity index (χ2n) is 5.75. The van der Waals surface area contributed by atoms with Crippen LogP contribution < -0.4 is 5.73 Å². The molecule has 0 bridgehead atoms. The molecular weight excluding hydrogens is 240 g/mol. The standard InChI is InChI=1S/C14H24N4O/c1-9(2)12-11(15)13(17-16-12)14(19)18-8-6-4-5-7-10(18)3/h9-10H,4-8,15H2,1-3H3,(H,16,17). The number of nitrogens with zero attached hydrogens (tertiary/aromatic N) is 2. The van der Waals surface area contributed by atoms with E-state index in [0.29, 0.717) is 11.4 Å². The lowest BCUT2D eigenvalue weighted by Gasteiger charge is -2.26. The Labute approximate surface area is 114 Å². The number of likely N-dealkylation sites (tertiary alicyclic amines) is 1. The summed E-state index contributed by atoms with van der Waals surface area (Å²) in [4.78, 5) is 14.5. The molecule has 2 heterocycles. The Balaban J connectivity index is 2.23. The van der Waals surface area contributed by atoms with Gasteiger partial charge in [0, 0.05) is 12.6 Å². The van der Waals surface area contributed by atoms with Gasteiger partial charge in [-0.1, -0.05) is 26.7 Å². The summed E-state index contributed by atoms with van der Waals surface area (Å²) in [5.74, 6) is 0.214. The van der Waals surface area contributed by atoms with Crippen molar-refractivity contribution in [1.29, 1.82) is 0 Å². The second-order valence-corrected chi connectivity index (χ2v) is 5.75. The van der Waals surface area contributed by atoms with Gasteiger partial charge in [0.15, 0.2) is 5.69 Å². The maximum Gasteiger partial charge on any atom is 0.276 e. The first-order valence-corrected chi connectivity index (χ1v) is 7.17. The maximum absolute atomic E-state index is 12.6. The van der Waals surface area contributed by atoms with Gasteiger partial charge in [-0.25, -0.2) is 0 Å². The molecule has 1 aromatic heterocycles. The van der Waals surface area contributed by atoms with Gasteiger partial charge >= 0.3 is 0 Å². The Bertz CT molecular complexity index is 452. The number of carbonyl (C=O) groups is 1. The molecule has 19 heavy (non-hydrogen) atoms. The van der Waals surface area contributed by atoms with Crippen molar-refractivity contribution < 1.29 is 4.79 Å². The molecule has 5 heteroatoms. The van der Waals surface area contributed by atoms with Crippen molar-refractivity contribution in [2.24, 2.45) is 0 Å². The van der Waals surface area contributed by atoms with Crippen LogP contribution in [-0.2, 0) is 0 Å². The van der Waals surface area contributed by atoms with Crippen LogP contribution in [0.3, 0.4) is 0 Å². The molecule has 0 spiro atoms. The number of nitrogens with two attached hydrogens (primary N) is 1. The minimum Gasteiger partial charge on any atom is -0.395 e. The molecule has 3 N–H and O–H groups in total. The van der Waals surface area contributed by atoms with Crippen molar-refractivity contribution in [3.63, 3.8) is 0 Å². The van der Waals surface area contributed by atoms with Gasteiger partial charge in [-0.3, -0.25) is 9.89 Å². The van der Waals surface area contributed by atoms with Crippen molar-refractivity contribution >= 4 is 11.6 Å². The van der Waals surface area contributed by atoms with E-state index in [2.05, 4.69) is 17.1 Å². The highest BCUT2D eigenvalue weighted by molar-refractivity contribution is 5.97. The van der Waals surface area contributed by atoms with E-state index in [0.717, 1.165) is 25.1 Å². The predicted octanol–water partition coefficient (Wildman–Crippen LogP) is 2.52. The lowest BCUT2D eigenvalue weighted by Crippen LogP contribution is -2.38. The number of rotatable bonds is 2. The van der Waals surface area contributed by atoms with E-state index in [-0.39, 0.29) is 17.9 Å². The van der Waals surface area contributed by atoms with Crippen molar-refractivity contribution in [3.8, 4) is 0 Å². The first kappa shape index (κ1) is 13.9. The zero-order valence-corrected chi connectivity index (χ0v) is 12.1. The lowest BCUT2D eigenvalue weighted by molar-refractivity contribution is 0.0693. The highest BCUT2D eigenvalue weighted by atomic mass is 16.2. The molecule has 5 nitrogen and oxygen atoms in total. The number of hydrogen-bond acceptors (Lipinski definition) is 3. The van der Waals surface area contributed by atoms with E-state index in [1.165, 1.54) is 12.8 Å². The van der Waals surface area contributed by atoms with E-state index in [1.54, 1.807) is 0 Å². The van der Waals surface area contributed by atoms with E-state index < -0.39 is 0 Å². The largest absolute Gasteiger partial charge is 0.395 e. The van der Waals surface area contributed by atoms with E-state index >= 15 is 0 Å². The van der Waals surface area contributed by atoms with Gasteiger partial charge in [0.05, 0.1) is 11.4 Å². The maximum atomic E-state index is 12.6. The van der Waals surface area contributed by atoms with Gasteiger partial charge in [0.1, 0.15) is 0 Å². The minimum absolute atomic E-state index is 0.0324. The number of anilines is 1. The fraction of sp³-hybridized carbons (Fsp3) is 0.714. The molecule has 1 amide bonds. The Hall–Kier alpha value is -1.52. The SMILES string of the molecule is CC(C)c1[nH]nc(C(=O)N2CCCCCC2C)c1N. The van der Waals surface area contributed by atoms with Crippen molar-refractivity contribution in [2.75, 3.05) is 12.3 Å². The van der Waals surface area contributed by atoms with E-state index in [1.807, 2.05) is 18.7 Å². The molecule has 1 aliphatic rings. The van der Waals surface area contributed by atoms with Crippen molar-refractivity contribution in [3.05, 3.63) is 11.4 Å². The number of amides is 1. The lowest BCUT2D eigenvalue weighted by atomic mass is 10.1. The molecule has 1 fully saturated rings. The summed E-state index contributed by atoms with van der Waals surface area (Å²) in [6.07, 6.45) is 4.52. The Morgan fingerprint density at radius 3 is 2.79 bits per heavy atom. The number of H-pyrrole nitrogens is 1. The quantitative estimate of drug-likeness (QED) is 0.861. The van der Waals surface area contributed by atoms with Gasteiger partial charge in [-0.05, 0) is 25.7 Å². The van der Waals surface area contributed by atoms with E-state index in [4.69, 9.17) is 5.73 Å². The average molecular weight is 264 g/mol.